The summed E-state index contributed by atoms with van der Waals surface area (Å²) in [7, 11) is 0. The SMILES string of the molecule is CCCCCC[O][Cr]([O]CCCCCC)([O]CCCCCC)[O]CCCCCC. The molecule has 0 aliphatic rings. The number of rotatable bonds is 24. The van der Waals surface area contributed by atoms with Crippen molar-refractivity contribution >= 4 is 0 Å². The second-order valence-electron chi connectivity index (χ2n) is 7.94. The molecule has 0 atom stereocenters. The monoisotopic (exact) mass is 456 g/mol. The third-order valence-electron chi connectivity index (χ3n) is 4.90. The summed E-state index contributed by atoms with van der Waals surface area (Å²) in [6, 6.07) is 0. The van der Waals surface area contributed by atoms with Crippen LogP contribution >= 0.6 is 0 Å². The van der Waals surface area contributed by atoms with Crippen LogP contribution in [0.5, 0.6) is 0 Å². The standard InChI is InChI=1S/4C6H13O.Cr/c4*1-2-3-4-5-6-7;/h4*2-6H2,1H3;/q4*-1;+4. The molecule has 0 aliphatic heterocycles. The summed E-state index contributed by atoms with van der Waals surface area (Å²) in [5, 5.41) is 0. The van der Waals surface area contributed by atoms with E-state index in [0.717, 1.165) is 25.7 Å². The zero-order chi connectivity index (χ0) is 21.5. The van der Waals surface area contributed by atoms with Gasteiger partial charge in [-0.05, 0) is 0 Å². The van der Waals surface area contributed by atoms with Crippen molar-refractivity contribution in [2.24, 2.45) is 0 Å². The van der Waals surface area contributed by atoms with Gasteiger partial charge in [-0.25, -0.2) is 0 Å². The van der Waals surface area contributed by atoms with Crippen LogP contribution in [0.2, 0.25) is 0 Å². The van der Waals surface area contributed by atoms with E-state index in [0.29, 0.717) is 26.4 Å². The van der Waals surface area contributed by atoms with Crippen molar-refractivity contribution in [2.75, 3.05) is 26.4 Å². The Balaban J connectivity index is 4.69. The van der Waals surface area contributed by atoms with Crippen LogP contribution in [-0.4, -0.2) is 26.4 Å². The molecule has 0 aliphatic carbocycles. The Labute approximate surface area is 186 Å². The van der Waals surface area contributed by atoms with Gasteiger partial charge in [-0.2, -0.15) is 0 Å². The molecule has 0 fully saturated rings. The first-order chi connectivity index (χ1) is 14.2. The van der Waals surface area contributed by atoms with Crippen molar-refractivity contribution in [2.45, 2.75) is 130 Å². The van der Waals surface area contributed by atoms with Crippen molar-refractivity contribution in [1.29, 1.82) is 0 Å². The van der Waals surface area contributed by atoms with E-state index in [1.54, 1.807) is 0 Å². The molecule has 0 amide bonds. The van der Waals surface area contributed by atoms with E-state index in [4.69, 9.17) is 15.2 Å². The molecule has 0 N–H and O–H groups in total. The van der Waals surface area contributed by atoms with Gasteiger partial charge >= 0.3 is 186 Å². The van der Waals surface area contributed by atoms with E-state index in [1.807, 2.05) is 0 Å². The van der Waals surface area contributed by atoms with E-state index < -0.39 is 14.4 Å². The minimum absolute atomic E-state index is 0.693. The van der Waals surface area contributed by atoms with E-state index in [2.05, 4.69) is 27.7 Å². The Morgan fingerprint density at radius 3 is 0.793 bits per heavy atom. The summed E-state index contributed by atoms with van der Waals surface area (Å²) in [4.78, 5) is 0. The van der Waals surface area contributed by atoms with Gasteiger partial charge in [-0.3, -0.25) is 0 Å². The van der Waals surface area contributed by atoms with Crippen LogP contribution in [0.1, 0.15) is 130 Å². The van der Waals surface area contributed by atoms with Crippen molar-refractivity contribution in [3.63, 3.8) is 0 Å². The van der Waals surface area contributed by atoms with Gasteiger partial charge in [-0.15, -0.1) is 0 Å². The average Bonchev–Trinajstić information content (AvgIpc) is 2.73. The third-order valence-corrected chi connectivity index (χ3v) is 7.75. The van der Waals surface area contributed by atoms with Crippen LogP contribution in [0.4, 0.5) is 0 Å². The number of hydrogen-bond acceptors (Lipinski definition) is 4. The van der Waals surface area contributed by atoms with E-state index >= 15 is 0 Å². The molecule has 0 aromatic carbocycles. The van der Waals surface area contributed by atoms with Crippen LogP contribution in [-0.2, 0) is 29.6 Å². The van der Waals surface area contributed by atoms with Crippen molar-refractivity contribution in [3.05, 3.63) is 0 Å². The molecule has 0 radical (unpaired) electrons. The van der Waals surface area contributed by atoms with Gasteiger partial charge in [0.15, 0.2) is 0 Å². The Morgan fingerprint density at radius 1 is 0.345 bits per heavy atom. The molecule has 0 heterocycles. The summed E-state index contributed by atoms with van der Waals surface area (Å²) >= 11 is -3.25. The Hall–Kier alpha value is 0.372. The first-order valence-corrected chi connectivity index (χ1v) is 14.7. The minimum atomic E-state index is -3.25. The summed E-state index contributed by atoms with van der Waals surface area (Å²) in [5.74, 6) is 0. The molecular formula is C24H52CrO4. The maximum absolute atomic E-state index is 6.29. The first kappa shape index (κ1) is 29.4. The van der Waals surface area contributed by atoms with Gasteiger partial charge < -0.3 is 0 Å². The fraction of sp³-hybridized carbons (Fsp3) is 1.00. The summed E-state index contributed by atoms with van der Waals surface area (Å²) in [5.41, 5.74) is 0. The second kappa shape index (κ2) is 23.0. The molecule has 0 saturated heterocycles. The molecule has 5 heteroatoms. The Bertz CT molecular complexity index is 254. The molecule has 178 valence electrons. The molecule has 0 saturated carbocycles. The first-order valence-electron chi connectivity index (χ1n) is 12.6. The predicted molar refractivity (Wildman–Crippen MR) is 120 cm³/mol. The Kier molecular flexibility index (Phi) is 23.3. The molecular weight excluding hydrogens is 404 g/mol. The number of unbranched alkanes of at least 4 members (excludes halogenated alkanes) is 12. The molecule has 0 aromatic rings. The van der Waals surface area contributed by atoms with Crippen LogP contribution in [0.15, 0.2) is 0 Å². The van der Waals surface area contributed by atoms with Crippen LogP contribution in [0.25, 0.3) is 0 Å². The maximum atomic E-state index is 6.29. The van der Waals surface area contributed by atoms with Gasteiger partial charge in [0.1, 0.15) is 0 Å². The van der Waals surface area contributed by atoms with Gasteiger partial charge in [-0.1, -0.05) is 0 Å². The Morgan fingerprint density at radius 2 is 0.586 bits per heavy atom. The molecule has 0 spiro atoms. The summed E-state index contributed by atoms with van der Waals surface area (Å²) < 4.78 is 25.1. The van der Waals surface area contributed by atoms with Crippen LogP contribution in [0.3, 0.4) is 0 Å². The van der Waals surface area contributed by atoms with Gasteiger partial charge in [0, 0.05) is 0 Å². The van der Waals surface area contributed by atoms with Gasteiger partial charge in [0.05, 0.1) is 0 Å². The topological polar surface area (TPSA) is 36.9 Å². The van der Waals surface area contributed by atoms with Gasteiger partial charge in [0.25, 0.3) is 0 Å². The van der Waals surface area contributed by atoms with Crippen molar-refractivity contribution in [1.82, 2.24) is 0 Å². The van der Waals surface area contributed by atoms with Crippen molar-refractivity contribution in [3.8, 4) is 0 Å². The number of hydrogen-bond donors (Lipinski definition) is 0. The molecule has 29 heavy (non-hydrogen) atoms. The quantitative estimate of drug-likeness (QED) is 0.137. The molecule has 4 nitrogen and oxygen atoms in total. The van der Waals surface area contributed by atoms with Crippen LogP contribution < -0.4 is 0 Å². The van der Waals surface area contributed by atoms with E-state index in [1.165, 1.54) is 77.0 Å². The van der Waals surface area contributed by atoms with Crippen molar-refractivity contribution < 1.29 is 29.6 Å². The molecule has 0 unspecified atom stereocenters. The van der Waals surface area contributed by atoms with Gasteiger partial charge in [0.2, 0.25) is 0 Å². The normalized spacial score (nSPS) is 12.6. The fourth-order valence-electron chi connectivity index (χ4n) is 2.96. The molecule has 0 aromatic heterocycles. The molecule has 0 bridgehead atoms. The van der Waals surface area contributed by atoms with E-state index in [9.17, 15) is 0 Å². The predicted octanol–water partition coefficient (Wildman–Crippen LogP) is 8.19. The zero-order valence-electron chi connectivity index (χ0n) is 20.2. The summed E-state index contributed by atoms with van der Waals surface area (Å²) in [6.07, 6.45) is 19.0. The molecule has 0 rings (SSSR count). The van der Waals surface area contributed by atoms with E-state index in [-0.39, 0.29) is 0 Å². The third kappa shape index (κ3) is 18.8. The fourth-order valence-corrected chi connectivity index (χ4v) is 5.61. The summed E-state index contributed by atoms with van der Waals surface area (Å²) in [6.45, 7) is 11.7. The van der Waals surface area contributed by atoms with Crippen LogP contribution in [0, 0.1) is 0 Å². The second-order valence-corrected chi connectivity index (χ2v) is 10.7. The zero-order valence-corrected chi connectivity index (χ0v) is 21.5. The average molecular weight is 457 g/mol.